The molecule has 94 valence electrons. The molecule has 2 rings (SSSR count). The Morgan fingerprint density at radius 3 is 2.12 bits per heavy atom. The minimum atomic E-state index is -3.46. The fourth-order valence-electron chi connectivity index (χ4n) is 2.87. The van der Waals surface area contributed by atoms with Gasteiger partial charge in [0, 0.05) is 13.1 Å². The van der Waals surface area contributed by atoms with Crippen LogP contribution in [0.1, 0.15) is 19.3 Å². The maximum Gasteiger partial charge on any atom is 0.276 e. The predicted octanol–water partition coefficient (Wildman–Crippen LogP) is -0.146. The van der Waals surface area contributed by atoms with Crippen molar-refractivity contribution < 1.29 is 8.42 Å². The standard InChI is InChI=1S/C10H21N3O2S/c1-12-5-2-9(3-6-12)10-4-7-13(8-10)16(11,14)15/h9-10H,2-8H2,1H3,(H2,11,14,15). The van der Waals surface area contributed by atoms with E-state index in [1.165, 1.54) is 17.1 Å². The molecule has 2 fully saturated rings. The zero-order chi connectivity index (χ0) is 11.8. The Morgan fingerprint density at radius 2 is 1.62 bits per heavy atom. The third kappa shape index (κ3) is 2.74. The van der Waals surface area contributed by atoms with Crippen LogP contribution in [0.3, 0.4) is 0 Å². The van der Waals surface area contributed by atoms with Gasteiger partial charge in [0.05, 0.1) is 0 Å². The van der Waals surface area contributed by atoms with Gasteiger partial charge in [0.1, 0.15) is 0 Å². The molecule has 0 spiro atoms. The Morgan fingerprint density at radius 1 is 1.06 bits per heavy atom. The summed E-state index contributed by atoms with van der Waals surface area (Å²) in [7, 11) is -1.32. The van der Waals surface area contributed by atoms with Gasteiger partial charge in [0.15, 0.2) is 0 Å². The highest BCUT2D eigenvalue weighted by molar-refractivity contribution is 7.86. The monoisotopic (exact) mass is 247 g/mol. The van der Waals surface area contributed by atoms with Crippen LogP contribution in [0.5, 0.6) is 0 Å². The number of hydrogen-bond acceptors (Lipinski definition) is 3. The Labute approximate surface area is 97.8 Å². The van der Waals surface area contributed by atoms with Gasteiger partial charge in [-0.15, -0.1) is 0 Å². The van der Waals surface area contributed by atoms with Crippen LogP contribution in [0.15, 0.2) is 0 Å². The van der Waals surface area contributed by atoms with Crippen LogP contribution in [-0.2, 0) is 10.2 Å². The van der Waals surface area contributed by atoms with Crippen molar-refractivity contribution >= 4 is 10.2 Å². The number of likely N-dealkylation sites (tertiary alicyclic amines) is 1. The highest BCUT2D eigenvalue weighted by atomic mass is 32.2. The molecule has 1 atom stereocenters. The smallest absolute Gasteiger partial charge is 0.276 e. The van der Waals surface area contributed by atoms with E-state index < -0.39 is 10.2 Å². The van der Waals surface area contributed by atoms with Crippen LogP contribution in [0, 0.1) is 11.8 Å². The Kier molecular flexibility index (Phi) is 3.53. The van der Waals surface area contributed by atoms with Crippen LogP contribution >= 0.6 is 0 Å². The normalized spacial score (nSPS) is 31.0. The third-order valence-electron chi connectivity index (χ3n) is 3.98. The van der Waals surface area contributed by atoms with Gasteiger partial charge in [-0.25, -0.2) is 5.14 Å². The van der Waals surface area contributed by atoms with E-state index in [1.54, 1.807) is 0 Å². The van der Waals surface area contributed by atoms with E-state index in [4.69, 9.17) is 5.14 Å². The van der Waals surface area contributed by atoms with E-state index >= 15 is 0 Å². The molecule has 0 saturated carbocycles. The number of rotatable bonds is 2. The van der Waals surface area contributed by atoms with E-state index in [0.29, 0.717) is 24.9 Å². The zero-order valence-electron chi connectivity index (χ0n) is 9.80. The van der Waals surface area contributed by atoms with E-state index in [2.05, 4.69) is 11.9 Å². The van der Waals surface area contributed by atoms with Crippen LogP contribution in [0.2, 0.25) is 0 Å². The van der Waals surface area contributed by atoms with Crippen molar-refractivity contribution in [2.24, 2.45) is 17.0 Å². The molecule has 0 bridgehead atoms. The second-order valence-electron chi connectivity index (χ2n) is 5.09. The molecule has 2 saturated heterocycles. The molecule has 0 amide bonds. The van der Waals surface area contributed by atoms with E-state index in [0.717, 1.165) is 19.5 Å². The molecule has 16 heavy (non-hydrogen) atoms. The molecule has 2 heterocycles. The first kappa shape index (κ1) is 12.3. The molecular weight excluding hydrogens is 226 g/mol. The molecular formula is C10H21N3O2S. The number of nitrogens with two attached hydrogens (primary N) is 1. The molecule has 0 aromatic heterocycles. The summed E-state index contributed by atoms with van der Waals surface area (Å²) in [5.41, 5.74) is 0. The maximum atomic E-state index is 11.2. The van der Waals surface area contributed by atoms with Crippen molar-refractivity contribution in [1.29, 1.82) is 0 Å². The van der Waals surface area contributed by atoms with Gasteiger partial charge in [-0.05, 0) is 51.2 Å². The molecule has 0 aromatic carbocycles. The lowest BCUT2D eigenvalue weighted by atomic mass is 9.84. The highest BCUT2D eigenvalue weighted by Crippen LogP contribution is 2.31. The summed E-state index contributed by atoms with van der Waals surface area (Å²) in [5.74, 6) is 1.20. The van der Waals surface area contributed by atoms with Gasteiger partial charge in [-0.3, -0.25) is 0 Å². The van der Waals surface area contributed by atoms with Gasteiger partial charge >= 0.3 is 0 Å². The molecule has 2 N–H and O–H groups in total. The van der Waals surface area contributed by atoms with Gasteiger partial charge in [-0.1, -0.05) is 0 Å². The fourth-order valence-corrected chi connectivity index (χ4v) is 3.63. The molecule has 0 aromatic rings. The molecule has 1 unspecified atom stereocenters. The Hall–Kier alpha value is -0.170. The summed E-state index contributed by atoms with van der Waals surface area (Å²) >= 11 is 0. The molecule has 5 nitrogen and oxygen atoms in total. The first-order valence-electron chi connectivity index (χ1n) is 5.93. The summed E-state index contributed by atoms with van der Waals surface area (Å²) in [6.45, 7) is 3.51. The molecule has 0 aliphatic carbocycles. The zero-order valence-corrected chi connectivity index (χ0v) is 10.6. The van der Waals surface area contributed by atoms with Crippen LogP contribution in [0.25, 0.3) is 0 Å². The number of nitrogens with zero attached hydrogens (tertiary/aromatic N) is 2. The van der Waals surface area contributed by atoms with Crippen LogP contribution < -0.4 is 5.14 Å². The second kappa shape index (κ2) is 4.60. The lowest BCUT2D eigenvalue weighted by molar-refractivity contribution is 0.175. The lowest BCUT2D eigenvalue weighted by Gasteiger charge is -2.32. The fraction of sp³-hybridized carbons (Fsp3) is 1.00. The first-order valence-corrected chi connectivity index (χ1v) is 7.43. The largest absolute Gasteiger partial charge is 0.306 e. The Bertz CT molecular complexity index is 336. The molecule has 0 radical (unpaired) electrons. The quantitative estimate of drug-likeness (QED) is 0.738. The van der Waals surface area contributed by atoms with Crippen molar-refractivity contribution in [3.63, 3.8) is 0 Å². The number of hydrogen-bond donors (Lipinski definition) is 1. The second-order valence-corrected chi connectivity index (χ2v) is 6.64. The first-order chi connectivity index (χ1) is 7.47. The van der Waals surface area contributed by atoms with Crippen molar-refractivity contribution in [2.75, 3.05) is 33.2 Å². The van der Waals surface area contributed by atoms with Crippen molar-refractivity contribution in [3.05, 3.63) is 0 Å². The van der Waals surface area contributed by atoms with Gasteiger partial charge in [0.25, 0.3) is 10.2 Å². The van der Waals surface area contributed by atoms with Gasteiger partial charge < -0.3 is 4.90 Å². The highest BCUT2D eigenvalue weighted by Gasteiger charge is 2.34. The molecule has 6 heteroatoms. The minimum Gasteiger partial charge on any atom is -0.306 e. The number of piperidine rings is 1. The van der Waals surface area contributed by atoms with Crippen molar-refractivity contribution in [3.8, 4) is 0 Å². The third-order valence-corrected chi connectivity index (χ3v) is 5.03. The summed E-state index contributed by atoms with van der Waals surface area (Å²) in [5, 5.41) is 5.14. The van der Waals surface area contributed by atoms with Crippen LogP contribution in [-0.4, -0.2) is 50.8 Å². The minimum absolute atomic E-state index is 0.520. The summed E-state index contributed by atoms with van der Waals surface area (Å²) < 4.78 is 23.8. The SMILES string of the molecule is CN1CCC(C2CCN(S(N)(=O)=O)C2)CC1. The van der Waals surface area contributed by atoms with Crippen molar-refractivity contribution in [2.45, 2.75) is 19.3 Å². The summed E-state index contributed by atoms with van der Waals surface area (Å²) in [4.78, 5) is 2.34. The van der Waals surface area contributed by atoms with Gasteiger partial charge in [0.2, 0.25) is 0 Å². The van der Waals surface area contributed by atoms with E-state index in [-0.39, 0.29) is 0 Å². The maximum absolute atomic E-state index is 11.2. The Balaban J connectivity index is 1.89. The predicted molar refractivity (Wildman–Crippen MR) is 63.0 cm³/mol. The average Bonchev–Trinajstić information content (AvgIpc) is 2.67. The summed E-state index contributed by atoms with van der Waals surface area (Å²) in [6, 6.07) is 0. The topological polar surface area (TPSA) is 66.6 Å². The average molecular weight is 247 g/mol. The lowest BCUT2D eigenvalue weighted by Crippen LogP contribution is -2.37. The van der Waals surface area contributed by atoms with Crippen molar-refractivity contribution in [1.82, 2.24) is 9.21 Å². The summed E-state index contributed by atoms with van der Waals surface area (Å²) in [6.07, 6.45) is 3.37. The van der Waals surface area contributed by atoms with E-state index in [9.17, 15) is 8.42 Å². The van der Waals surface area contributed by atoms with Gasteiger partial charge in [-0.2, -0.15) is 12.7 Å². The molecule has 2 aliphatic rings. The van der Waals surface area contributed by atoms with Crippen LogP contribution in [0.4, 0.5) is 0 Å². The van der Waals surface area contributed by atoms with E-state index in [1.807, 2.05) is 0 Å². The molecule has 2 aliphatic heterocycles.